The summed E-state index contributed by atoms with van der Waals surface area (Å²) in [5.41, 5.74) is 0. The topological polar surface area (TPSA) is 180 Å². The van der Waals surface area contributed by atoms with Crippen LogP contribution in [-0.4, -0.2) is 82.8 Å². The number of hydrogen-bond donors (Lipinski definition) is 5. The molecule has 0 spiro atoms. The summed E-state index contributed by atoms with van der Waals surface area (Å²) in [6.07, 6.45) is -4.21. The standard InChI is InChI=1S/C12H19NO10/c14-9(15)5-7(11(18)19)22-3-1-13-2-4-23-8(12(20)21)6-10(16)17/h7-8,13H,1-6H2,(H,14,15)(H,16,17)(H,18,19)(H,20,21). The van der Waals surface area contributed by atoms with E-state index in [1.54, 1.807) is 0 Å². The number of carboxylic acids is 4. The third kappa shape index (κ3) is 11.0. The second-order valence-corrected chi connectivity index (χ2v) is 4.34. The number of aliphatic carboxylic acids is 4. The summed E-state index contributed by atoms with van der Waals surface area (Å²) in [6.45, 7) is 0.232. The highest BCUT2D eigenvalue weighted by Crippen LogP contribution is 2.00. The first-order chi connectivity index (χ1) is 10.7. The van der Waals surface area contributed by atoms with Crippen LogP contribution in [-0.2, 0) is 28.7 Å². The zero-order valence-electron chi connectivity index (χ0n) is 12.1. The Balaban J connectivity index is 3.83. The quantitative estimate of drug-likeness (QED) is 0.232. The van der Waals surface area contributed by atoms with Gasteiger partial charge in [-0.15, -0.1) is 0 Å². The molecule has 0 rings (SSSR count). The van der Waals surface area contributed by atoms with Crippen molar-refractivity contribution < 1.29 is 49.1 Å². The van der Waals surface area contributed by atoms with Crippen LogP contribution in [0.1, 0.15) is 12.8 Å². The third-order valence-corrected chi connectivity index (χ3v) is 2.47. The minimum Gasteiger partial charge on any atom is -0.481 e. The highest BCUT2D eigenvalue weighted by molar-refractivity contribution is 5.80. The summed E-state index contributed by atoms with van der Waals surface area (Å²) < 4.78 is 9.75. The summed E-state index contributed by atoms with van der Waals surface area (Å²) >= 11 is 0. The first-order valence-corrected chi connectivity index (χ1v) is 6.57. The fraction of sp³-hybridized carbons (Fsp3) is 0.667. The molecule has 0 aliphatic rings. The lowest BCUT2D eigenvalue weighted by molar-refractivity contribution is -0.157. The molecule has 0 bridgehead atoms. The van der Waals surface area contributed by atoms with E-state index in [1.165, 1.54) is 0 Å². The zero-order valence-corrected chi connectivity index (χ0v) is 12.1. The molecule has 0 aromatic heterocycles. The second-order valence-electron chi connectivity index (χ2n) is 4.34. The zero-order chi connectivity index (χ0) is 17.8. The molecule has 132 valence electrons. The van der Waals surface area contributed by atoms with E-state index in [0.717, 1.165) is 0 Å². The molecule has 23 heavy (non-hydrogen) atoms. The molecular formula is C12H19NO10. The van der Waals surface area contributed by atoms with Gasteiger partial charge in [-0.05, 0) is 0 Å². The third-order valence-electron chi connectivity index (χ3n) is 2.47. The molecule has 11 nitrogen and oxygen atoms in total. The van der Waals surface area contributed by atoms with Crippen molar-refractivity contribution in [2.24, 2.45) is 0 Å². The SMILES string of the molecule is O=C(O)CC(OCCNCCOC(CC(=O)O)C(=O)O)C(=O)O. The van der Waals surface area contributed by atoms with Gasteiger partial charge in [0.1, 0.15) is 0 Å². The Labute approximate surface area is 130 Å². The lowest BCUT2D eigenvalue weighted by Gasteiger charge is -2.13. The van der Waals surface area contributed by atoms with Crippen molar-refractivity contribution in [3.05, 3.63) is 0 Å². The maximum atomic E-state index is 10.7. The monoisotopic (exact) mass is 337 g/mol. The first-order valence-electron chi connectivity index (χ1n) is 6.57. The average molecular weight is 337 g/mol. The van der Waals surface area contributed by atoms with Gasteiger partial charge in [-0.25, -0.2) is 9.59 Å². The van der Waals surface area contributed by atoms with E-state index in [9.17, 15) is 19.2 Å². The molecule has 0 saturated heterocycles. The van der Waals surface area contributed by atoms with Gasteiger partial charge in [-0.3, -0.25) is 9.59 Å². The van der Waals surface area contributed by atoms with E-state index >= 15 is 0 Å². The Morgan fingerprint density at radius 2 is 1.09 bits per heavy atom. The normalized spacial score (nSPS) is 13.2. The van der Waals surface area contributed by atoms with Crippen LogP contribution in [0.5, 0.6) is 0 Å². The van der Waals surface area contributed by atoms with Gasteiger partial charge >= 0.3 is 23.9 Å². The molecule has 0 amide bonds. The van der Waals surface area contributed by atoms with Gasteiger partial charge in [0.25, 0.3) is 0 Å². The predicted molar refractivity (Wildman–Crippen MR) is 72.1 cm³/mol. The predicted octanol–water partition coefficient (Wildman–Crippen LogP) is -1.53. The number of nitrogens with one attached hydrogen (secondary N) is 1. The molecule has 2 atom stereocenters. The highest BCUT2D eigenvalue weighted by atomic mass is 16.5. The first kappa shape index (κ1) is 20.8. The smallest absolute Gasteiger partial charge is 0.333 e. The van der Waals surface area contributed by atoms with Crippen molar-refractivity contribution in [2.75, 3.05) is 26.3 Å². The summed E-state index contributed by atoms with van der Waals surface area (Å²) in [7, 11) is 0. The lowest BCUT2D eigenvalue weighted by atomic mass is 10.2. The molecule has 0 aromatic carbocycles. The second kappa shape index (κ2) is 11.3. The van der Waals surface area contributed by atoms with E-state index in [4.69, 9.17) is 29.9 Å². The van der Waals surface area contributed by atoms with Gasteiger partial charge in [0.15, 0.2) is 12.2 Å². The summed E-state index contributed by atoms with van der Waals surface area (Å²) in [6, 6.07) is 0. The molecule has 5 N–H and O–H groups in total. The molecule has 2 unspecified atom stereocenters. The van der Waals surface area contributed by atoms with Crippen LogP contribution in [0.3, 0.4) is 0 Å². The fourth-order valence-electron chi connectivity index (χ4n) is 1.42. The summed E-state index contributed by atoms with van der Waals surface area (Å²) in [4.78, 5) is 42.2. The number of carboxylic acid groups (broad SMARTS) is 4. The van der Waals surface area contributed by atoms with Gasteiger partial charge in [0.05, 0.1) is 26.1 Å². The lowest BCUT2D eigenvalue weighted by Crippen LogP contribution is -2.33. The van der Waals surface area contributed by atoms with Crippen LogP contribution in [0.2, 0.25) is 0 Å². The van der Waals surface area contributed by atoms with E-state index in [-0.39, 0.29) is 26.3 Å². The van der Waals surface area contributed by atoms with Crippen molar-refractivity contribution in [1.29, 1.82) is 0 Å². The Morgan fingerprint density at radius 1 is 0.739 bits per heavy atom. The van der Waals surface area contributed by atoms with Crippen LogP contribution in [0, 0.1) is 0 Å². The van der Waals surface area contributed by atoms with Crippen molar-refractivity contribution >= 4 is 23.9 Å². The fourth-order valence-corrected chi connectivity index (χ4v) is 1.42. The van der Waals surface area contributed by atoms with E-state index in [2.05, 4.69) is 5.32 Å². The number of rotatable bonds is 14. The van der Waals surface area contributed by atoms with Crippen molar-refractivity contribution in [3.63, 3.8) is 0 Å². The van der Waals surface area contributed by atoms with Gasteiger partial charge in [-0.1, -0.05) is 0 Å². The minimum atomic E-state index is -1.45. The van der Waals surface area contributed by atoms with Crippen LogP contribution in [0.25, 0.3) is 0 Å². The van der Waals surface area contributed by atoms with E-state index in [0.29, 0.717) is 0 Å². The van der Waals surface area contributed by atoms with E-state index in [1.807, 2.05) is 0 Å². The minimum absolute atomic E-state index is 0.0677. The van der Waals surface area contributed by atoms with Crippen LogP contribution >= 0.6 is 0 Å². The van der Waals surface area contributed by atoms with Gasteiger partial charge < -0.3 is 35.2 Å². The molecule has 0 fully saturated rings. The average Bonchev–Trinajstić information content (AvgIpc) is 2.42. The number of carbonyl (C=O) groups is 4. The van der Waals surface area contributed by atoms with Gasteiger partial charge in [-0.2, -0.15) is 0 Å². The number of ether oxygens (including phenoxy) is 2. The Bertz CT molecular complexity index is 386. The van der Waals surface area contributed by atoms with Crippen molar-refractivity contribution in [2.45, 2.75) is 25.0 Å². The van der Waals surface area contributed by atoms with Gasteiger partial charge in [0, 0.05) is 13.1 Å². The number of hydrogen-bond acceptors (Lipinski definition) is 7. The Hall–Kier alpha value is -2.24. The van der Waals surface area contributed by atoms with Crippen LogP contribution < -0.4 is 5.32 Å². The molecule has 0 radical (unpaired) electrons. The summed E-state index contributed by atoms with van der Waals surface area (Å²) in [5, 5.41) is 37.2. The largest absolute Gasteiger partial charge is 0.481 e. The van der Waals surface area contributed by atoms with Crippen molar-refractivity contribution in [1.82, 2.24) is 5.32 Å². The molecule has 11 heteroatoms. The Morgan fingerprint density at radius 3 is 1.35 bits per heavy atom. The molecule has 0 aromatic rings. The summed E-state index contributed by atoms with van der Waals surface area (Å²) in [5.74, 6) is -5.35. The molecule has 0 heterocycles. The van der Waals surface area contributed by atoms with Crippen molar-refractivity contribution in [3.8, 4) is 0 Å². The van der Waals surface area contributed by atoms with Crippen LogP contribution in [0.4, 0.5) is 0 Å². The molecular weight excluding hydrogens is 318 g/mol. The molecule has 0 aliphatic carbocycles. The molecule has 0 aliphatic heterocycles. The van der Waals surface area contributed by atoms with Gasteiger partial charge in [0.2, 0.25) is 0 Å². The van der Waals surface area contributed by atoms with Crippen LogP contribution in [0.15, 0.2) is 0 Å². The molecule has 0 saturated carbocycles. The van der Waals surface area contributed by atoms with E-state index < -0.39 is 48.9 Å². The highest BCUT2D eigenvalue weighted by Gasteiger charge is 2.22. The maximum absolute atomic E-state index is 10.7. The maximum Gasteiger partial charge on any atom is 0.333 e. The Kier molecular flexibility index (Phi) is 10.2.